The lowest BCUT2D eigenvalue weighted by Crippen LogP contribution is -1.89. The summed E-state index contributed by atoms with van der Waals surface area (Å²) in [4.78, 5) is 17.7. The minimum Gasteiger partial charge on any atom is -0.336 e. The number of carbonyl (C=O) groups is 1. The summed E-state index contributed by atoms with van der Waals surface area (Å²) in [5, 5.41) is 0. The molecule has 0 fully saturated rings. The van der Waals surface area contributed by atoms with Crippen LogP contribution in [0.2, 0.25) is 0 Å². The lowest BCUT2D eigenvalue weighted by Gasteiger charge is -2.05. The molecule has 1 N–H and O–H groups in total. The number of hydrogen-bond donors (Lipinski definition) is 1. The zero-order valence-corrected chi connectivity index (χ0v) is 8.74. The first-order valence-corrected chi connectivity index (χ1v) is 4.79. The van der Waals surface area contributed by atoms with Gasteiger partial charge in [-0.25, -0.2) is 4.98 Å². The second kappa shape index (κ2) is 3.69. The van der Waals surface area contributed by atoms with Crippen LogP contribution in [0, 0.1) is 13.8 Å². The van der Waals surface area contributed by atoms with Crippen LogP contribution in [0.3, 0.4) is 0 Å². The Labute approximate surface area is 88.2 Å². The number of carbonyl (C=O) groups excluding carboxylic acids is 1. The van der Waals surface area contributed by atoms with E-state index in [9.17, 15) is 4.79 Å². The predicted octanol–water partition coefficient (Wildman–Crippen LogP) is 2.51. The molecule has 3 heteroatoms. The Kier molecular flexibility index (Phi) is 2.37. The van der Waals surface area contributed by atoms with Crippen LogP contribution in [0.4, 0.5) is 0 Å². The summed E-state index contributed by atoms with van der Waals surface area (Å²) in [7, 11) is 0. The van der Waals surface area contributed by atoms with E-state index < -0.39 is 0 Å². The first kappa shape index (κ1) is 9.65. The van der Waals surface area contributed by atoms with Gasteiger partial charge in [0.1, 0.15) is 5.82 Å². The average Bonchev–Trinajstić information content (AvgIpc) is 2.66. The number of aromatic amines is 1. The van der Waals surface area contributed by atoms with Gasteiger partial charge in [-0.3, -0.25) is 4.79 Å². The molecule has 2 aromatic rings. The molecule has 0 saturated carbocycles. The summed E-state index contributed by atoms with van der Waals surface area (Å²) in [5.41, 5.74) is 3.89. The third-order valence-corrected chi connectivity index (χ3v) is 2.44. The van der Waals surface area contributed by atoms with Gasteiger partial charge in [-0.2, -0.15) is 0 Å². The summed E-state index contributed by atoms with van der Waals surface area (Å²) in [6.45, 7) is 4.07. The van der Waals surface area contributed by atoms with E-state index >= 15 is 0 Å². The summed E-state index contributed by atoms with van der Waals surface area (Å²) < 4.78 is 0. The minimum absolute atomic E-state index is 0.507. The molecule has 0 atom stereocenters. The second-order valence-corrected chi connectivity index (χ2v) is 3.57. The van der Waals surface area contributed by atoms with Crippen molar-refractivity contribution < 1.29 is 4.79 Å². The summed E-state index contributed by atoms with van der Waals surface area (Å²) >= 11 is 0. The highest BCUT2D eigenvalue weighted by Crippen LogP contribution is 2.23. The Morgan fingerprint density at radius 2 is 1.93 bits per heavy atom. The molecule has 0 unspecified atom stereocenters. The maximum Gasteiger partial charge on any atom is 0.167 e. The largest absolute Gasteiger partial charge is 0.336 e. The Hall–Kier alpha value is -1.90. The fourth-order valence-electron chi connectivity index (χ4n) is 1.71. The van der Waals surface area contributed by atoms with Gasteiger partial charge < -0.3 is 4.98 Å². The van der Waals surface area contributed by atoms with E-state index in [-0.39, 0.29) is 0 Å². The smallest absolute Gasteiger partial charge is 0.167 e. The van der Waals surface area contributed by atoms with Gasteiger partial charge >= 0.3 is 0 Å². The minimum atomic E-state index is 0.507. The van der Waals surface area contributed by atoms with E-state index in [4.69, 9.17) is 0 Å². The molecule has 3 nitrogen and oxygen atoms in total. The topological polar surface area (TPSA) is 45.8 Å². The van der Waals surface area contributed by atoms with Crippen molar-refractivity contribution in [2.75, 3.05) is 0 Å². The molecule has 76 valence electrons. The third-order valence-electron chi connectivity index (χ3n) is 2.44. The van der Waals surface area contributed by atoms with Crippen LogP contribution in [0.25, 0.3) is 11.4 Å². The van der Waals surface area contributed by atoms with Crippen molar-refractivity contribution in [2.45, 2.75) is 13.8 Å². The fraction of sp³-hybridized carbons (Fsp3) is 0.167. The third kappa shape index (κ3) is 1.68. The van der Waals surface area contributed by atoms with Gasteiger partial charge in [0, 0.05) is 5.56 Å². The molecule has 1 aromatic heterocycles. The van der Waals surface area contributed by atoms with E-state index in [1.165, 1.54) is 0 Å². The van der Waals surface area contributed by atoms with Gasteiger partial charge in [0.2, 0.25) is 0 Å². The summed E-state index contributed by atoms with van der Waals surface area (Å²) in [6.07, 6.45) is 2.32. The number of H-pyrrole nitrogens is 1. The van der Waals surface area contributed by atoms with Gasteiger partial charge in [0.15, 0.2) is 6.29 Å². The van der Waals surface area contributed by atoms with E-state index in [1.54, 1.807) is 6.20 Å². The van der Waals surface area contributed by atoms with Gasteiger partial charge in [-0.1, -0.05) is 18.2 Å². The lowest BCUT2D eigenvalue weighted by molar-refractivity contribution is 0.111. The highest BCUT2D eigenvalue weighted by molar-refractivity contribution is 5.74. The van der Waals surface area contributed by atoms with Crippen molar-refractivity contribution in [2.24, 2.45) is 0 Å². The maximum atomic E-state index is 10.5. The number of imidazole rings is 1. The zero-order chi connectivity index (χ0) is 10.8. The average molecular weight is 200 g/mol. The van der Waals surface area contributed by atoms with Crippen molar-refractivity contribution in [1.29, 1.82) is 0 Å². The SMILES string of the molecule is Cc1cccc(C)c1-c1ncc(C=O)[nH]1. The number of aryl methyl sites for hydroxylation is 2. The molecule has 2 rings (SSSR count). The normalized spacial score (nSPS) is 10.3. The predicted molar refractivity (Wildman–Crippen MR) is 58.9 cm³/mol. The van der Waals surface area contributed by atoms with Crippen LogP contribution in [0.1, 0.15) is 21.6 Å². The molecule has 15 heavy (non-hydrogen) atoms. The number of rotatable bonds is 2. The van der Waals surface area contributed by atoms with Crippen LogP contribution in [-0.2, 0) is 0 Å². The Balaban J connectivity index is 2.58. The molecule has 0 aliphatic rings. The summed E-state index contributed by atoms with van der Waals surface area (Å²) in [5.74, 6) is 0.757. The molecular formula is C12H12N2O. The Bertz CT molecular complexity index is 480. The Morgan fingerprint density at radius 1 is 1.27 bits per heavy atom. The number of nitrogens with one attached hydrogen (secondary N) is 1. The van der Waals surface area contributed by atoms with Crippen molar-refractivity contribution in [3.05, 3.63) is 41.2 Å². The molecule has 0 amide bonds. The number of nitrogens with zero attached hydrogens (tertiary/aromatic N) is 1. The number of benzene rings is 1. The quantitative estimate of drug-likeness (QED) is 0.757. The van der Waals surface area contributed by atoms with E-state index in [0.717, 1.165) is 28.8 Å². The van der Waals surface area contributed by atoms with Crippen LogP contribution in [0.5, 0.6) is 0 Å². The first-order valence-electron chi connectivity index (χ1n) is 4.79. The van der Waals surface area contributed by atoms with Crippen molar-refractivity contribution in [3.8, 4) is 11.4 Å². The molecular weight excluding hydrogens is 188 g/mol. The highest BCUT2D eigenvalue weighted by atomic mass is 16.1. The standard InChI is InChI=1S/C12H12N2O/c1-8-4-3-5-9(2)11(8)12-13-6-10(7-15)14-12/h3-7H,1-2H3,(H,13,14). The van der Waals surface area contributed by atoms with Crippen LogP contribution < -0.4 is 0 Å². The van der Waals surface area contributed by atoms with Gasteiger partial charge in [-0.15, -0.1) is 0 Å². The van der Waals surface area contributed by atoms with Crippen LogP contribution >= 0.6 is 0 Å². The maximum absolute atomic E-state index is 10.5. The zero-order valence-electron chi connectivity index (χ0n) is 8.74. The molecule has 1 aromatic carbocycles. The van der Waals surface area contributed by atoms with Gasteiger partial charge in [-0.05, 0) is 25.0 Å². The highest BCUT2D eigenvalue weighted by Gasteiger charge is 2.08. The van der Waals surface area contributed by atoms with Crippen LogP contribution in [0.15, 0.2) is 24.4 Å². The molecule has 0 bridgehead atoms. The molecule has 0 aliphatic heterocycles. The van der Waals surface area contributed by atoms with Crippen molar-refractivity contribution in [3.63, 3.8) is 0 Å². The van der Waals surface area contributed by atoms with Gasteiger partial charge in [0.05, 0.1) is 11.9 Å². The fourth-order valence-corrected chi connectivity index (χ4v) is 1.71. The molecule has 1 heterocycles. The Morgan fingerprint density at radius 3 is 2.47 bits per heavy atom. The van der Waals surface area contributed by atoms with Crippen molar-refractivity contribution in [1.82, 2.24) is 9.97 Å². The number of hydrogen-bond acceptors (Lipinski definition) is 2. The second-order valence-electron chi connectivity index (χ2n) is 3.57. The monoisotopic (exact) mass is 200 g/mol. The van der Waals surface area contributed by atoms with E-state index in [1.807, 2.05) is 32.0 Å². The first-order chi connectivity index (χ1) is 7.22. The van der Waals surface area contributed by atoms with Crippen molar-refractivity contribution >= 4 is 6.29 Å². The summed E-state index contributed by atoms with van der Waals surface area (Å²) in [6, 6.07) is 6.08. The molecule has 0 radical (unpaired) electrons. The van der Waals surface area contributed by atoms with E-state index in [0.29, 0.717) is 5.69 Å². The van der Waals surface area contributed by atoms with Gasteiger partial charge in [0.25, 0.3) is 0 Å². The molecule has 0 saturated heterocycles. The molecule has 0 spiro atoms. The van der Waals surface area contributed by atoms with Crippen LogP contribution in [-0.4, -0.2) is 16.3 Å². The number of aldehydes is 1. The van der Waals surface area contributed by atoms with E-state index in [2.05, 4.69) is 9.97 Å². The number of aromatic nitrogens is 2. The molecule has 0 aliphatic carbocycles. The lowest BCUT2D eigenvalue weighted by atomic mass is 10.0.